The van der Waals surface area contributed by atoms with Crippen molar-refractivity contribution < 1.29 is 14.0 Å². The quantitative estimate of drug-likeness (QED) is 0.542. The van der Waals surface area contributed by atoms with Crippen molar-refractivity contribution in [3.05, 3.63) is 0 Å². The number of amides is 1. The molecule has 5 heteroatoms. The predicted octanol–water partition coefficient (Wildman–Crippen LogP) is 4.55. The highest BCUT2D eigenvalue weighted by molar-refractivity contribution is 6.74. The van der Waals surface area contributed by atoms with Crippen LogP contribution in [0.2, 0.25) is 18.1 Å². The number of ether oxygens (including phenoxy) is 1. The zero-order valence-corrected chi connectivity index (χ0v) is 18.4. The van der Waals surface area contributed by atoms with Gasteiger partial charge in [-0.2, -0.15) is 0 Å². The van der Waals surface area contributed by atoms with Gasteiger partial charge in [0.15, 0.2) is 8.32 Å². The van der Waals surface area contributed by atoms with E-state index in [2.05, 4.69) is 54.6 Å². The topological polar surface area (TPSA) is 38.8 Å². The second-order valence-corrected chi connectivity index (χ2v) is 15.1. The molecule has 1 saturated carbocycles. The van der Waals surface area contributed by atoms with E-state index in [4.69, 9.17) is 9.16 Å². The summed E-state index contributed by atoms with van der Waals surface area (Å²) >= 11 is 0. The molecule has 1 amide bonds. The molecular formula is C20H37NO3Si. The molecule has 1 aliphatic carbocycles. The summed E-state index contributed by atoms with van der Waals surface area (Å²) in [5.74, 6) is 0.711. The Balaban J connectivity index is 1.82. The van der Waals surface area contributed by atoms with Crippen LogP contribution in [0, 0.1) is 11.8 Å². The Labute approximate surface area is 154 Å². The monoisotopic (exact) mass is 367 g/mol. The van der Waals surface area contributed by atoms with E-state index in [1.54, 1.807) is 0 Å². The molecule has 0 unspecified atom stereocenters. The highest BCUT2D eigenvalue weighted by Crippen LogP contribution is 2.51. The summed E-state index contributed by atoms with van der Waals surface area (Å²) < 4.78 is 13.0. The predicted molar refractivity (Wildman–Crippen MR) is 103 cm³/mol. The first-order valence-electron chi connectivity index (χ1n) is 10.1. The van der Waals surface area contributed by atoms with E-state index in [0.29, 0.717) is 18.1 Å². The van der Waals surface area contributed by atoms with Gasteiger partial charge in [0.2, 0.25) is 5.91 Å². The smallest absolute Gasteiger partial charge is 0.232 e. The highest BCUT2D eigenvalue weighted by Gasteiger charge is 2.63. The Bertz CT molecular complexity index is 540. The molecule has 0 aromatic rings. The molecule has 0 bridgehead atoms. The average Bonchev–Trinajstić information content (AvgIpc) is 2.42. The van der Waals surface area contributed by atoms with Crippen LogP contribution in [0.5, 0.6) is 0 Å². The molecule has 3 rings (SSSR count). The van der Waals surface area contributed by atoms with E-state index in [0.717, 1.165) is 6.42 Å². The van der Waals surface area contributed by atoms with Crippen molar-refractivity contribution in [3.63, 3.8) is 0 Å². The Morgan fingerprint density at radius 1 is 1.24 bits per heavy atom. The van der Waals surface area contributed by atoms with Crippen LogP contribution in [0.1, 0.15) is 67.2 Å². The van der Waals surface area contributed by atoms with Gasteiger partial charge in [-0.3, -0.25) is 4.79 Å². The number of carbonyl (C=O) groups is 1. The van der Waals surface area contributed by atoms with Crippen molar-refractivity contribution >= 4 is 14.2 Å². The molecule has 0 spiro atoms. The van der Waals surface area contributed by atoms with E-state index < -0.39 is 14.0 Å². The average molecular weight is 368 g/mol. The SMILES string of the molecule is C[C@@H](O[Si](C)(C)C(C)(C)C)[C@H]1C(=O)N2[C@@H]1[C@H]1CCCC[C@H]1OC2(C)C. The van der Waals surface area contributed by atoms with Crippen molar-refractivity contribution in [1.29, 1.82) is 0 Å². The molecule has 2 heterocycles. The van der Waals surface area contributed by atoms with Crippen LogP contribution >= 0.6 is 0 Å². The van der Waals surface area contributed by atoms with Crippen LogP contribution in [0.15, 0.2) is 0 Å². The number of hydrogen-bond acceptors (Lipinski definition) is 3. The third kappa shape index (κ3) is 3.10. The normalized spacial score (nSPS) is 36.3. The zero-order valence-electron chi connectivity index (χ0n) is 17.4. The summed E-state index contributed by atoms with van der Waals surface area (Å²) in [6, 6.07) is 0.293. The fraction of sp³-hybridized carbons (Fsp3) is 0.950. The lowest BCUT2D eigenvalue weighted by Crippen LogP contribution is -2.78. The second-order valence-electron chi connectivity index (χ2n) is 10.4. The zero-order chi connectivity index (χ0) is 18.8. The van der Waals surface area contributed by atoms with Crippen molar-refractivity contribution in [2.24, 2.45) is 11.8 Å². The van der Waals surface area contributed by atoms with E-state index >= 15 is 0 Å². The first kappa shape index (κ1) is 19.4. The molecule has 144 valence electrons. The maximum Gasteiger partial charge on any atom is 0.232 e. The molecule has 2 saturated heterocycles. The number of hydrogen-bond donors (Lipinski definition) is 0. The summed E-state index contributed by atoms with van der Waals surface area (Å²) in [5, 5.41) is 0.163. The third-order valence-corrected chi connectivity index (χ3v) is 11.8. The minimum Gasteiger partial charge on any atom is -0.413 e. The lowest BCUT2D eigenvalue weighted by atomic mass is 9.67. The first-order valence-corrected chi connectivity index (χ1v) is 13.0. The van der Waals surface area contributed by atoms with Gasteiger partial charge in [-0.25, -0.2) is 0 Å². The lowest BCUT2D eigenvalue weighted by Gasteiger charge is -2.64. The van der Waals surface area contributed by atoms with E-state index in [-0.39, 0.29) is 23.0 Å². The number of carbonyl (C=O) groups excluding carboxylic acids is 1. The summed E-state index contributed by atoms with van der Waals surface area (Å²) in [4.78, 5) is 15.1. The standard InChI is InChI=1S/C20H37NO3Si/c1-13(24-25(7,8)19(2,3)4)16-17-14-11-9-10-12-15(14)23-20(5,6)21(17)18(16)22/h13-17H,9-12H2,1-8H3/t13-,14+,15-,16-,17-/m1/s1. The van der Waals surface area contributed by atoms with Gasteiger partial charge in [0.25, 0.3) is 0 Å². The van der Waals surface area contributed by atoms with Crippen LogP contribution in [0.3, 0.4) is 0 Å². The van der Waals surface area contributed by atoms with E-state index in [1.807, 2.05) is 4.90 Å². The van der Waals surface area contributed by atoms with Crippen LogP contribution < -0.4 is 0 Å². The Morgan fingerprint density at radius 2 is 1.84 bits per heavy atom. The van der Waals surface area contributed by atoms with Crippen molar-refractivity contribution in [3.8, 4) is 0 Å². The second kappa shape index (κ2) is 6.06. The minimum absolute atomic E-state index is 0.00269. The summed E-state index contributed by atoms with van der Waals surface area (Å²) in [6.45, 7) is 17.6. The molecule has 25 heavy (non-hydrogen) atoms. The van der Waals surface area contributed by atoms with Crippen LogP contribution in [0.25, 0.3) is 0 Å². The van der Waals surface area contributed by atoms with E-state index in [9.17, 15) is 4.79 Å². The number of rotatable bonds is 3. The molecule has 0 aromatic carbocycles. The van der Waals surface area contributed by atoms with Gasteiger partial charge in [0, 0.05) is 5.92 Å². The first-order chi connectivity index (χ1) is 11.4. The highest BCUT2D eigenvalue weighted by atomic mass is 28.4. The molecule has 4 nitrogen and oxygen atoms in total. The molecule has 0 radical (unpaired) electrons. The Morgan fingerprint density at radius 3 is 2.44 bits per heavy atom. The molecule has 2 aliphatic heterocycles. The maximum absolute atomic E-state index is 13.0. The molecule has 0 aromatic heterocycles. The van der Waals surface area contributed by atoms with Gasteiger partial charge in [0.05, 0.1) is 24.2 Å². The number of β-lactam (4-membered cyclic amide) rings is 1. The lowest BCUT2D eigenvalue weighted by molar-refractivity contribution is -0.285. The van der Waals surface area contributed by atoms with Gasteiger partial charge >= 0.3 is 0 Å². The van der Waals surface area contributed by atoms with Gasteiger partial charge in [-0.1, -0.05) is 33.6 Å². The molecule has 5 atom stereocenters. The molecular weight excluding hydrogens is 330 g/mol. The summed E-state index contributed by atoms with van der Waals surface area (Å²) in [7, 11) is -1.88. The number of nitrogens with zero attached hydrogens (tertiary/aromatic N) is 1. The summed E-state index contributed by atoms with van der Waals surface area (Å²) in [5.41, 5.74) is -0.479. The van der Waals surface area contributed by atoms with Gasteiger partial charge in [0.1, 0.15) is 5.72 Å². The Hall–Kier alpha value is -0.393. The van der Waals surface area contributed by atoms with E-state index in [1.165, 1.54) is 19.3 Å². The van der Waals surface area contributed by atoms with Crippen molar-refractivity contribution in [2.45, 2.75) is 109 Å². The van der Waals surface area contributed by atoms with Gasteiger partial charge in [-0.15, -0.1) is 0 Å². The largest absolute Gasteiger partial charge is 0.413 e. The van der Waals surface area contributed by atoms with Gasteiger partial charge in [-0.05, 0) is 51.7 Å². The fourth-order valence-electron chi connectivity index (χ4n) is 4.90. The van der Waals surface area contributed by atoms with Crippen molar-refractivity contribution in [1.82, 2.24) is 4.90 Å². The molecule has 0 N–H and O–H groups in total. The minimum atomic E-state index is -1.88. The molecule has 3 fully saturated rings. The molecule has 3 aliphatic rings. The fourth-order valence-corrected chi connectivity index (χ4v) is 6.33. The third-order valence-electron chi connectivity index (χ3n) is 7.19. The van der Waals surface area contributed by atoms with Crippen molar-refractivity contribution in [2.75, 3.05) is 0 Å². The van der Waals surface area contributed by atoms with Crippen LogP contribution in [-0.4, -0.2) is 43.1 Å². The van der Waals surface area contributed by atoms with Crippen LogP contribution in [0.4, 0.5) is 0 Å². The maximum atomic E-state index is 13.0. The number of fused-ring (bicyclic) bond motifs is 3. The Kier molecular flexibility index (Phi) is 4.70. The van der Waals surface area contributed by atoms with Gasteiger partial charge < -0.3 is 14.1 Å². The summed E-state index contributed by atoms with van der Waals surface area (Å²) in [6.07, 6.45) is 5.12. The van der Waals surface area contributed by atoms with Crippen LogP contribution in [-0.2, 0) is 14.0 Å².